The number of hydrogen-bond acceptors (Lipinski definition) is 27. The van der Waals surface area contributed by atoms with Gasteiger partial charge in [-0.1, -0.05) is 65.1 Å². The number of rotatable bonds is 28. The Morgan fingerprint density at radius 2 is 1.43 bits per heavy atom. The molecule has 3 saturated heterocycles. The van der Waals surface area contributed by atoms with Crippen molar-refractivity contribution >= 4 is 70.9 Å². The predicted octanol–water partition coefficient (Wildman–Crippen LogP) is -1.34. The Hall–Kier alpha value is -8.50. The first kappa shape index (κ1) is 77.2. The molecule has 0 aliphatic carbocycles. The summed E-state index contributed by atoms with van der Waals surface area (Å²) in [5, 5.41) is 117. The third-order valence-corrected chi connectivity index (χ3v) is 18.5. The van der Waals surface area contributed by atoms with Gasteiger partial charge in [-0.3, -0.25) is 38.4 Å². The van der Waals surface area contributed by atoms with Gasteiger partial charge in [-0.2, -0.15) is 0 Å². The number of phenolic OH excluding ortho intramolecular Hbond substituents is 1. The molecular weight excluding hydrogens is 1350 g/mol. The highest BCUT2D eigenvalue weighted by molar-refractivity contribution is 7.90. The maximum absolute atomic E-state index is 15.1. The van der Waals surface area contributed by atoms with Crippen LogP contribution in [-0.2, 0) is 60.5 Å². The van der Waals surface area contributed by atoms with Crippen molar-refractivity contribution in [3.63, 3.8) is 0 Å². The number of hydrogen-bond donors (Lipinski definition) is 16. The summed E-state index contributed by atoms with van der Waals surface area (Å²) in [6.45, 7) is 1.85. The monoisotopic (exact) mass is 1440 g/mol. The van der Waals surface area contributed by atoms with Gasteiger partial charge in [0.25, 0.3) is 18.2 Å². The smallest absolute Gasteiger partial charge is 0.261 e. The quantitative estimate of drug-likeness (QED) is 0.0119. The first-order valence-electron chi connectivity index (χ1n) is 32.4. The summed E-state index contributed by atoms with van der Waals surface area (Å²) in [7, 11) is 1.69. The molecule has 17 N–H and O–H groups in total. The second-order valence-electron chi connectivity index (χ2n) is 24.7. The number of carbonyl (C=O) groups is 8. The van der Waals surface area contributed by atoms with Gasteiger partial charge in [-0.05, 0) is 80.3 Å². The van der Waals surface area contributed by atoms with Crippen LogP contribution in [-0.4, -0.2) is 244 Å². The summed E-state index contributed by atoms with van der Waals surface area (Å²) in [5.41, 5.74) is 8.11. The number of amides is 8. The maximum Gasteiger partial charge on any atom is 0.261 e. The number of nitrogens with zero attached hydrogens (tertiary/aromatic N) is 5. The van der Waals surface area contributed by atoms with Gasteiger partial charge in [0.05, 0.1) is 55.6 Å². The number of nitrogens with two attached hydrogens (primary N) is 1. The molecule has 34 nitrogen and oxygen atoms in total. The Morgan fingerprint density at radius 3 is 2.10 bits per heavy atom. The number of unbranched alkanes of at least 4 members (excludes halogenated alkanes) is 4. The minimum Gasteiger partial charge on any atom is -0.504 e. The normalized spacial score (nSPS) is 23.9. The highest BCUT2D eigenvalue weighted by Crippen LogP contribution is 2.34. The molecule has 544 valence electrons. The van der Waals surface area contributed by atoms with E-state index >= 15 is 4.79 Å². The highest BCUT2D eigenvalue weighted by atomic mass is 32.2. The summed E-state index contributed by atoms with van der Waals surface area (Å²) >= 11 is 1.35. The third-order valence-electron chi connectivity index (χ3n) is 17.1. The average Bonchev–Trinajstić information content (AvgIpc) is 1.73. The number of aromatic amines is 1. The lowest BCUT2D eigenvalue weighted by Crippen LogP contribution is -2.64. The summed E-state index contributed by atoms with van der Waals surface area (Å²) in [6, 6.07) is 4.32. The number of benzene rings is 3. The molecule has 0 spiro atoms. The summed E-state index contributed by atoms with van der Waals surface area (Å²) in [5.74, 6) is -9.77. The predicted molar refractivity (Wildman–Crippen MR) is 355 cm³/mol. The zero-order valence-corrected chi connectivity index (χ0v) is 56.6. The number of H-pyrrole nitrogens is 1. The zero-order chi connectivity index (χ0) is 72.2. The molecule has 14 atom stereocenters. The van der Waals surface area contributed by atoms with Crippen LogP contribution in [0.4, 0.5) is 0 Å². The molecule has 2 aromatic heterocycles. The van der Waals surface area contributed by atoms with Crippen molar-refractivity contribution in [2.24, 2.45) is 11.7 Å². The van der Waals surface area contributed by atoms with Gasteiger partial charge >= 0.3 is 0 Å². The van der Waals surface area contributed by atoms with Crippen LogP contribution in [0.15, 0.2) is 79.3 Å². The minimum atomic E-state index is -2.19. The number of nitrogens with one attached hydrogen (secondary N) is 7. The SMILES string of the molecule is COCCCCCCCOc1ccc(-c2nnc(-c3ccc(C(=O)N[C@H]4C[C@H](O)CNC(=O)[C@@H]5[C@@H](O)[C@H](C)CN5C(=O)[C@H]([C@H](O)CCNC(=O)[C@@H](N)Cc5cnc[nH]5)NC(=O)[C@H]([C@H](O)Cc5ccc(O)c(OSOOO)c5)NC(=O)[C@@H]5C[C@H](O)CN5C(=O)[C@H]([C@H](C)O)NC4=O)cc3)s2)cc1. The molecule has 0 saturated carbocycles. The number of aromatic hydroxyl groups is 1. The molecule has 0 unspecified atom stereocenters. The fourth-order valence-electron chi connectivity index (χ4n) is 11.7. The summed E-state index contributed by atoms with van der Waals surface area (Å²) in [4.78, 5) is 124. The van der Waals surface area contributed by atoms with Crippen LogP contribution in [0.1, 0.15) is 86.8 Å². The Kier molecular flexibility index (Phi) is 28.8. The van der Waals surface area contributed by atoms with Crippen molar-refractivity contribution in [1.29, 1.82) is 0 Å². The molecule has 0 radical (unpaired) electrons. The van der Waals surface area contributed by atoms with Crippen molar-refractivity contribution in [2.45, 2.75) is 157 Å². The van der Waals surface area contributed by atoms with E-state index in [1.807, 2.05) is 24.3 Å². The number of carbonyl (C=O) groups excluding carboxylic acids is 8. The number of β-amino-alcohol motifs (C(OH)–C–C–N with tert-alkyl or cyclic N) is 1. The Bertz CT molecular complexity index is 3540. The number of aliphatic hydroxyl groups excluding tert-OH is 6. The molecule has 8 amide bonds. The van der Waals surface area contributed by atoms with Gasteiger partial charge in [0.1, 0.15) is 52.0 Å². The number of aliphatic hydroxyl groups is 6. The number of ether oxygens (including phenoxy) is 2. The van der Waals surface area contributed by atoms with Crippen LogP contribution >= 0.6 is 23.7 Å². The van der Waals surface area contributed by atoms with E-state index in [-0.39, 0.29) is 42.2 Å². The van der Waals surface area contributed by atoms with E-state index in [4.69, 9.17) is 24.6 Å². The molecule has 100 heavy (non-hydrogen) atoms. The first-order valence-corrected chi connectivity index (χ1v) is 33.9. The Balaban J connectivity index is 1.06. The van der Waals surface area contributed by atoms with Gasteiger partial charge in [0.2, 0.25) is 41.4 Å². The zero-order valence-electron chi connectivity index (χ0n) is 54.9. The van der Waals surface area contributed by atoms with Gasteiger partial charge in [0.15, 0.2) is 11.5 Å². The van der Waals surface area contributed by atoms with E-state index in [0.717, 1.165) is 73.1 Å². The van der Waals surface area contributed by atoms with Crippen LogP contribution in [0.3, 0.4) is 0 Å². The Morgan fingerprint density at radius 1 is 0.770 bits per heavy atom. The van der Waals surface area contributed by atoms with E-state index in [2.05, 4.69) is 61.4 Å². The van der Waals surface area contributed by atoms with E-state index < -0.39 is 183 Å². The van der Waals surface area contributed by atoms with Gasteiger partial charge in [0, 0.05) is 100 Å². The van der Waals surface area contributed by atoms with E-state index in [1.165, 1.54) is 49.0 Å². The second kappa shape index (κ2) is 37.3. The molecule has 3 aliphatic rings. The van der Waals surface area contributed by atoms with Crippen molar-refractivity contribution in [2.75, 3.05) is 46.5 Å². The standard InChI is InChI=1S/C64H85N13O21S2/c1-33-30-77-53(54(33)84)60(90)68-29-40(79)26-44(70-55(85)36-10-12-37(13-11-36)61-74-75-62(99-61)38-14-16-42(17-15-38)95-22-8-6-4-5-7-21-94-3)57(87)71-50(34(2)78)63(91)76-31-41(80)27-45(76)58(88)72-51(48(83)23-35-9-18-46(81)49(24-35)96-100-98-97-93)59(89)73-52(64(77)92)47(82)19-20-67-56(86)43(65)25-39-28-66-32-69-39/h9-18,24,28,32-34,40-41,43-45,47-48,50-54,78-84,93H,4-8,19-23,25-27,29-31,65H2,1-3H3,(H,66,69)(H,67,86)(H,68,90)(H,70,85)(H,71,87)(H,72,88)(H,73,89)/t33-,34+,40+,41+,43+,44+,45+,47-,48-,50+,51+,52+,53+,54+/m1/s1. The van der Waals surface area contributed by atoms with Crippen molar-refractivity contribution in [1.82, 2.24) is 61.9 Å². The molecule has 36 heteroatoms. The van der Waals surface area contributed by atoms with Crippen molar-refractivity contribution < 1.29 is 102 Å². The lowest BCUT2D eigenvalue weighted by molar-refractivity contribution is -0.433. The van der Waals surface area contributed by atoms with Crippen molar-refractivity contribution in [3.05, 3.63) is 96.1 Å². The van der Waals surface area contributed by atoms with Crippen LogP contribution < -0.4 is 46.6 Å². The lowest BCUT2D eigenvalue weighted by Gasteiger charge is -2.34. The summed E-state index contributed by atoms with van der Waals surface area (Å²) < 4.78 is 20.4. The third kappa shape index (κ3) is 21.0. The number of imidazole rings is 1. The van der Waals surface area contributed by atoms with Gasteiger partial charge < -0.3 is 102 Å². The van der Waals surface area contributed by atoms with Crippen LogP contribution in [0.25, 0.3) is 21.1 Å². The summed E-state index contributed by atoms with van der Waals surface area (Å²) in [6.07, 6.45) is -4.94. The molecular formula is C64H85N13O21S2. The largest absolute Gasteiger partial charge is 0.504 e. The van der Waals surface area contributed by atoms with E-state index in [1.54, 1.807) is 19.2 Å². The van der Waals surface area contributed by atoms with Crippen LogP contribution in [0.5, 0.6) is 17.2 Å². The highest BCUT2D eigenvalue weighted by Gasteiger charge is 2.50. The van der Waals surface area contributed by atoms with Gasteiger partial charge in [-0.25, -0.2) is 10.2 Å². The molecule has 0 bridgehead atoms. The number of methoxy groups -OCH3 is 1. The molecule has 3 aromatic carbocycles. The molecule has 3 aliphatic heterocycles. The number of aromatic nitrogens is 4. The van der Waals surface area contributed by atoms with Gasteiger partial charge in [-0.15, -0.1) is 10.2 Å². The molecule has 8 rings (SSSR count). The van der Waals surface area contributed by atoms with E-state index in [0.29, 0.717) is 33.6 Å². The fraction of sp³-hybridized carbons (Fsp3) is 0.516. The van der Waals surface area contributed by atoms with Crippen molar-refractivity contribution in [3.8, 4) is 38.4 Å². The van der Waals surface area contributed by atoms with E-state index in [9.17, 15) is 69.3 Å². The topological polar surface area (TPSA) is 504 Å². The lowest BCUT2D eigenvalue weighted by atomic mass is 9.98. The number of fused-ring (bicyclic) bond motifs is 2. The van der Waals surface area contributed by atoms with Crippen LogP contribution in [0.2, 0.25) is 0 Å². The van der Waals surface area contributed by atoms with Crippen LogP contribution in [0, 0.1) is 5.92 Å². The number of phenols is 1. The molecule has 3 fully saturated rings. The Labute approximate surface area is 582 Å². The first-order chi connectivity index (χ1) is 47.9. The molecule has 5 aromatic rings. The average molecular weight is 1440 g/mol. The maximum atomic E-state index is 15.1. The molecule has 5 heterocycles. The fourth-order valence-corrected chi connectivity index (χ4v) is 12.8. The second-order valence-corrected chi connectivity index (χ2v) is 26.1. The minimum absolute atomic E-state index is 0.00108.